The van der Waals surface area contributed by atoms with Crippen molar-refractivity contribution >= 4 is 27.7 Å². The summed E-state index contributed by atoms with van der Waals surface area (Å²) in [7, 11) is 0. The minimum absolute atomic E-state index is 0.0457. The van der Waals surface area contributed by atoms with Gasteiger partial charge in [0, 0.05) is 11.9 Å². The van der Waals surface area contributed by atoms with Crippen LogP contribution in [0.2, 0.25) is 0 Å². The SMILES string of the molecule is O=C1COCC(=O)N1CC1(CBr)CCCC1. The fourth-order valence-corrected chi connectivity index (χ4v) is 3.23. The molecule has 2 rings (SSSR count). The molecule has 5 heteroatoms. The summed E-state index contributed by atoms with van der Waals surface area (Å²) < 4.78 is 4.90. The van der Waals surface area contributed by atoms with Crippen LogP contribution in [0.5, 0.6) is 0 Å². The summed E-state index contributed by atoms with van der Waals surface area (Å²) in [6.45, 7) is 0.646. The Morgan fingerprint density at radius 3 is 2.25 bits per heavy atom. The number of alkyl halides is 1. The molecule has 0 aromatic carbocycles. The molecule has 0 aromatic heterocycles. The zero-order valence-electron chi connectivity index (χ0n) is 9.21. The number of carbonyl (C=O) groups is 2. The monoisotopic (exact) mass is 289 g/mol. The van der Waals surface area contributed by atoms with Gasteiger partial charge in [0.05, 0.1) is 0 Å². The summed E-state index contributed by atoms with van der Waals surface area (Å²) in [5.41, 5.74) is 0.0999. The van der Waals surface area contributed by atoms with Gasteiger partial charge >= 0.3 is 0 Å². The van der Waals surface area contributed by atoms with Crippen molar-refractivity contribution < 1.29 is 14.3 Å². The van der Waals surface area contributed by atoms with Crippen LogP contribution in [0.25, 0.3) is 0 Å². The topological polar surface area (TPSA) is 46.6 Å². The highest BCUT2D eigenvalue weighted by molar-refractivity contribution is 9.09. The molecule has 2 amide bonds. The van der Waals surface area contributed by atoms with Gasteiger partial charge in [0.2, 0.25) is 0 Å². The maximum Gasteiger partial charge on any atom is 0.255 e. The standard InChI is InChI=1S/C11H16BrNO3/c12-7-11(3-1-2-4-11)8-13-9(14)5-16-6-10(13)15/h1-8H2. The molecule has 0 unspecified atom stereocenters. The molecule has 1 aliphatic carbocycles. The van der Waals surface area contributed by atoms with E-state index in [0.29, 0.717) is 6.54 Å². The van der Waals surface area contributed by atoms with Crippen molar-refractivity contribution in [2.75, 3.05) is 25.1 Å². The van der Waals surface area contributed by atoms with Gasteiger partial charge < -0.3 is 4.74 Å². The van der Waals surface area contributed by atoms with Gasteiger partial charge in [-0.15, -0.1) is 0 Å². The van der Waals surface area contributed by atoms with Crippen LogP contribution in [0.3, 0.4) is 0 Å². The minimum Gasteiger partial charge on any atom is -0.362 e. The number of amides is 2. The molecule has 1 heterocycles. The number of hydrogen-bond acceptors (Lipinski definition) is 3. The second-order valence-electron chi connectivity index (χ2n) is 4.71. The lowest BCUT2D eigenvalue weighted by Crippen LogP contribution is -2.50. The average Bonchev–Trinajstić information content (AvgIpc) is 2.73. The maximum absolute atomic E-state index is 11.6. The molecule has 4 nitrogen and oxygen atoms in total. The van der Waals surface area contributed by atoms with Gasteiger partial charge in [-0.05, 0) is 18.3 Å². The third-order valence-corrected chi connectivity index (χ3v) is 4.68. The van der Waals surface area contributed by atoms with Crippen LogP contribution in [0.15, 0.2) is 0 Å². The number of morpholine rings is 1. The van der Waals surface area contributed by atoms with E-state index in [2.05, 4.69) is 15.9 Å². The first-order chi connectivity index (χ1) is 7.67. The highest BCUT2D eigenvalue weighted by atomic mass is 79.9. The van der Waals surface area contributed by atoms with Crippen LogP contribution in [-0.4, -0.2) is 41.8 Å². The fraction of sp³-hybridized carbons (Fsp3) is 0.818. The van der Waals surface area contributed by atoms with Gasteiger partial charge in [0.1, 0.15) is 13.2 Å². The van der Waals surface area contributed by atoms with Gasteiger partial charge in [-0.1, -0.05) is 28.8 Å². The van der Waals surface area contributed by atoms with Gasteiger partial charge in [-0.3, -0.25) is 14.5 Å². The Bertz CT molecular complexity index is 284. The van der Waals surface area contributed by atoms with Crippen molar-refractivity contribution in [1.29, 1.82) is 0 Å². The third-order valence-electron chi connectivity index (χ3n) is 3.49. The number of imide groups is 1. The molecule has 0 aromatic rings. The zero-order chi connectivity index (χ0) is 11.6. The number of ether oxygens (including phenoxy) is 1. The first kappa shape index (κ1) is 12.0. The molecule has 0 atom stereocenters. The molecule has 1 saturated carbocycles. The van der Waals surface area contributed by atoms with Crippen molar-refractivity contribution in [2.24, 2.45) is 5.41 Å². The Labute approximate surface area is 103 Å². The number of halogens is 1. The van der Waals surface area contributed by atoms with E-state index in [0.717, 1.165) is 18.2 Å². The summed E-state index contributed by atoms with van der Waals surface area (Å²) in [6, 6.07) is 0. The van der Waals surface area contributed by atoms with E-state index in [9.17, 15) is 9.59 Å². The van der Waals surface area contributed by atoms with Gasteiger partial charge in [0.15, 0.2) is 0 Å². The van der Waals surface area contributed by atoms with E-state index in [-0.39, 0.29) is 30.4 Å². The second kappa shape index (κ2) is 4.84. The molecule has 90 valence electrons. The number of hydrogen-bond donors (Lipinski definition) is 0. The normalized spacial score (nSPS) is 25.2. The summed E-state index contributed by atoms with van der Waals surface area (Å²) in [5, 5.41) is 0.859. The quantitative estimate of drug-likeness (QED) is 0.582. The Morgan fingerprint density at radius 1 is 1.19 bits per heavy atom. The van der Waals surface area contributed by atoms with Crippen molar-refractivity contribution in [3.8, 4) is 0 Å². The van der Waals surface area contributed by atoms with Crippen LogP contribution in [0, 0.1) is 5.41 Å². The largest absolute Gasteiger partial charge is 0.362 e. The molecule has 2 aliphatic rings. The van der Waals surface area contributed by atoms with E-state index >= 15 is 0 Å². The average molecular weight is 290 g/mol. The van der Waals surface area contributed by atoms with Gasteiger partial charge in [0.25, 0.3) is 11.8 Å². The van der Waals surface area contributed by atoms with Gasteiger partial charge in [-0.25, -0.2) is 0 Å². The lowest BCUT2D eigenvalue weighted by Gasteiger charge is -2.34. The van der Waals surface area contributed by atoms with E-state index in [1.54, 1.807) is 0 Å². The van der Waals surface area contributed by atoms with Gasteiger partial charge in [-0.2, -0.15) is 0 Å². The fourth-order valence-electron chi connectivity index (χ4n) is 2.49. The van der Waals surface area contributed by atoms with Crippen molar-refractivity contribution in [2.45, 2.75) is 25.7 Å². The van der Waals surface area contributed by atoms with Crippen molar-refractivity contribution in [1.82, 2.24) is 4.90 Å². The molecule has 0 radical (unpaired) electrons. The maximum atomic E-state index is 11.6. The molecule has 0 spiro atoms. The molecule has 0 N–H and O–H groups in total. The van der Waals surface area contributed by atoms with E-state index in [1.807, 2.05) is 0 Å². The first-order valence-corrected chi connectivity index (χ1v) is 6.76. The summed E-state index contributed by atoms with van der Waals surface area (Å²) in [4.78, 5) is 24.6. The smallest absolute Gasteiger partial charge is 0.255 e. The first-order valence-electron chi connectivity index (χ1n) is 5.64. The lowest BCUT2D eigenvalue weighted by atomic mass is 9.88. The molecule has 1 saturated heterocycles. The summed E-state index contributed by atoms with van der Waals surface area (Å²) in [5.74, 6) is -0.382. The third kappa shape index (κ3) is 2.30. The van der Waals surface area contributed by atoms with Crippen LogP contribution in [0.4, 0.5) is 0 Å². The van der Waals surface area contributed by atoms with E-state index in [4.69, 9.17) is 4.74 Å². The Balaban J connectivity index is 2.06. The second-order valence-corrected chi connectivity index (χ2v) is 5.27. The Hall–Kier alpha value is -0.420. The van der Waals surface area contributed by atoms with Crippen LogP contribution >= 0.6 is 15.9 Å². The highest BCUT2D eigenvalue weighted by Crippen LogP contribution is 2.40. The zero-order valence-corrected chi connectivity index (χ0v) is 10.8. The van der Waals surface area contributed by atoms with E-state index in [1.165, 1.54) is 17.7 Å². The predicted octanol–water partition coefficient (Wildman–Crippen LogP) is 1.33. The summed E-state index contributed by atoms with van der Waals surface area (Å²) in [6.07, 6.45) is 4.57. The molecule has 2 fully saturated rings. The molecular formula is C11H16BrNO3. The van der Waals surface area contributed by atoms with Crippen molar-refractivity contribution in [3.63, 3.8) is 0 Å². The Morgan fingerprint density at radius 2 is 1.75 bits per heavy atom. The number of carbonyl (C=O) groups excluding carboxylic acids is 2. The number of rotatable bonds is 3. The van der Waals surface area contributed by atoms with Crippen LogP contribution < -0.4 is 0 Å². The highest BCUT2D eigenvalue weighted by Gasteiger charge is 2.39. The predicted molar refractivity (Wildman–Crippen MR) is 62.2 cm³/mol. The summed E-state index contributed by atoms with van der Waals surface area (Å²) >= 11 is 3.52. The van der Waals surface area contributed by atoms with Crippen LogP contribution in [0.1, 0.15) is 25.7 Å². The lowest BCUT2D eigenvalue weighted by molar-refractivity contribution is -0.160. The van der Waals surface area contributed by atoms with Crippen LogP contribution in [-0.2, 0) is 14.3 Å². The van der Waals surface area contributed by atoms with E-state index < -0.39 is 0 Å². The molecular weight excluding hydrogens is 274 g/mol. The Kier molecular flexibility index (Phi) is 3.64. The van der Waals surface area contributed by atoms with Crippen molar-refractivity contribution in [3.05, 3.63) is 0 Å². The molecule has 1 aliphatic heterocycles. The molecule has 16 heavy (non-hydrogen) atoms. The minimum atomic E-state index is -0.191. The molecule has 0 bridgehead atoms. The number of nitrogens with zero attached hydrogens (tertiary/aromatic N) is 1.